The Balaban J connectivity index is 1.42. The van der Waals surface area contributed by atoms with E-state index in [0.717, 1.165) is 35.7 Å². The van der Waals surface area contributed by atoms with Gasteiger partial charge in [0, 0.05) is 29.9 Å². The number of ether oxygens (including phenoxy) is 1. The van der Waals surface area contributed by atoms with Crippen LogP contribution in [0.15, 0.2) is 83.8 Å². The minimum atomic E-state index is -3.31. The minimum absolute atomic E-state index is 0.0125. The predicted molar refractivity (Wildman–Crippen MR) is 157 cm³/mol. The van der Waals surface area contributed by atoms with Crippen molar-refractivity contribution in [2.24, 2.45) is 0 Å². The lowest BCUT2D eigenvalue weighted by Crippen LogP contribution is -2.36. The van der Waals surface area contributed by atoms with Crippen LogP contribution in [-0.2, 0) is 25.8 Å². The van der Waals surface area contributed by atoms with Gasteiger partial charge in [-0.1, -0.05) is 72.9 Å². The molecule has 8 nitrogen and oxygen atoms in total. The first-order valence-electron chi connectivity index (χ1n) is 13.0. The van der Waals surface area contributed by atoms with Crippen LogP contribution in [-0.4, -0.2) is 57.1 Å². The third-order valence-corrected chi connectivity index (χ3v) is 9.36. The lowest BCUT2D eigenvalue weighted by atomic mass is 10.0. The number of rotatable bonds is 9. The van der Waals surface area contributed by atoms with Crippen molar-refractivity contribution in [3.8, 4) is 11.3 Å². The summed E-state index contributed by atoms with van der Waals surface area (Å²) in [6, 6.07) is 23.2. The molecule has 1 aliphatic heterocycles. The van der Waals surface area contributed by atoms with Gasteiger partial charge in [-0.2, -0.15) is 0 Å². The second-order valence-electron chi connectivity index (χ2n) is 9.31. The Morgan fingerprint density at radius 1 is 0.975 bits per heavy atom. The van der Waals surface area contributed by atoms with Crippen LogP contribution in [0.1, 0.15) is 27.7 Å². The average Bonchev–Trinajstić information content (AvgIpc) is 3.41. The summed E-state index contributed by atoms with van der Waals surface area (Å²) in [6.45, 7) is 4.47. The molecule has 1 N–H and O–H groups in total. The van der Waals surface area contributed by atoms with Crippen molar-refractivity contribution >= 4 is 43.7 Å². The number of ketones is 1. The van der Waals surface area contributed by atoms with Crippen molar-refractivity contribution in [3.05, 3.63) is 94.9 Å². The van der Waals surface area contributed by atoms with Crippen LogP contribution in [0, 0.1) is 0 Å². The first-order valence-corrected chi connectivity index (χ1v) is 15.5. The molecule has 0 bridgehead atoms. The number of anilines is 2. The molecule has 4 aromatic rings. The quantitative estimate of drug-likeness (QED) is 0.284. The number of nitrogens with zero attached hydrogens (tertiary/aromatic N) is 2. The van der Waals surface area contributed by atoms with E-state index in [1.165, 1.54) is 12.1 Å². The molecule has 1 aromatic heterocycles. The van der Waals surface area contributed by atoms with Crippen molar-refractivity contribution in [3.63, 3.8) is 0 Å². The topological polar surface area (TPSA) is 106 Å². The Kier molecular flexibility index (Phi) is 8.39. The summed E-state index contributed by atoms with van der Waals surface area (Å²) >= 11 is 1.14. The second kappa shape index (κ2) is 12.1. The van der Waals surface area contributed by atoms with Gasteiger partial charge in [-0.05, 0) is 29.8 Å². The number of morpholine rings is 1. The Morgan fingerprint density at radius 3 is 2.40 bits per heavy atom. The summed E-state index contributed by atoms with van der Waals surface area (Å²) in [4.78, 5) is 34.0. The number of carbonyl (C=O) groups excluding carboxylic acids is 2. The number of hydrogen-bond acceptors (Lipinski definition) is 8. The molecule has 1 fully saturated rings. The van der Waals surface area contributed by atoms with Gasteiger partial charge in [0.15, 0.2) is 15.0 Å². The molecular formula is C30H29N3O5S2. The molecule has 0 aliphatic carbocycles. The van der Waals surface area contributed by atoms with E-state index in [-0.39, 0.29) is 28.8 Å². The predicted octanol–water partition coefficient (Wildman–Crippen LogP) is 4.85. The zero-order chi connectivity index (χ0) is 28.1. The maximum absolute atomic E-state index is 13.5. The number of aromatic nitrogens is 1. The monoisotopic (exact) mass is 575 g/mol. The van der Waals surface area contributed by atoms with E-state index in [4.69, 9.17) is 9.72 Å². The zero-order valence-electron chi connectivity index (χ0n) is 22.0. The van der Waals surface area contributed by atoms with Crippen LogP contribution in [0.2, 0.25) is 0 Å². The first kappa shape index (κ1) is 27.7. The second-order valence-corrected chi connectivity index (χ2v) is 12.6. The van der Waals surface area contributed by atoms with E-state index >= 15 is 0 Å². The van der Waals surface area contributed by atoms with E-state index in [9.17, 15) is 18.0 Å². The summed E-state index contributed by atoms with van der Waals surface area (Å²) in [5.41, 5.74) is 3.53. The molecule has 40 heavy (non-hydrogen) atoms. The zero-order valence-corrected chi connectivity index (χ0v) is 23.6. The van der Waals surface area contributed by atoms with Crippen LogP contribution in [0.25, 0.3) is 11.3 Å². The van der Waals surface area contributed by atoms with Crippen molar-refractivity contribution in [1.29, 1.82) is 0 Å². The van der Waals surface area contributed by atoms with Gasteiger partial charge >= 0.3 is 0 Å². The molecule has 0 saturated carbocycles. The van der Waals surface area contributed by atoms with Gasteiger partial charge in [-0.15, -0.1) is 0 Å². The largest absolute Gasteiger partial charge is 0.378 e. The standard InChI is InChI=1S/C30H29N3O5S2/c1-2-40(36,37)25-13-11-21(12-14-25)19-26(34)31-30-32-27(29(39-30)28(35)22-7-4-3-5-8-22)23-9-6-10-24(20-23)33-15-17-38-18-16-33/h3-14,20H,2,15-19H2,1H3,(H,31,32,34). The number of benzene rings is 3. The molecule has 3 aromatic carbocycles. The summed E-state index contributed by atoms with van der Waals surface area (Å²) in [6.07, 6.45) is 0.0375. The van der Waals surface area contributed by atoms with Crippen LogP contribution in [0.4, 0.5) is 10.8 Å². The summed E-state index contributed by atoms with van der Waals surface area (Å²) < 4.78 is 29.6. The van der Waals surface area contributed by atoms with Crippen LogP contribution >= 0.6 is 11.3 Å². The van der Waals surface area contributed by atoms with Gasteiger partial charge in [-0.3, -0.25) is 9.59 Å². The number of amides is 1. The van der Waals surface area contributed by atoms with E-state index < -0.39 is 9.84 Å². The van der Waals surface area contributed by atoms with E-state index in [1.54, 1.807) is 31.2 Å². The third kappa shape index (κ3) is 6.30. The maximum Gasteiger partial charge on any atom is 0.230 e. The molecule has 1 saturated heterocycles. The minimum Gasteiger partial charge on any atom is -0.378 e. The number of carbonyl (C=O) groups is 2. The van der Waals surface area contributed by atoms with Crippen molar-refractivity contribution in [2.45, 2.75) is 18.2 Å². The summed E-state index contributed by atoms with van der Waals surface area (Å²) in [7, 11) is -3.31. The molecule has 0 unspecified atom stereocenters. The van der Waals surface area contributed by atoms with Gasteiger partial charge in [0.1, 0.15) is 4.88 Å². The Morgan fingerprint density at radius 2 is 1.70 bits per heavy atom. The number of sulfone groups is 1. The highest BCUT2D eigenvalue weighted by molar-refractivity contribution is 7.91. The molecule has 1 amide bonds. The molecule has 0 spiro atoms. The SMILES string of the molecule is CCS(=O)(=O)c1ccc(CC(=O)Nc2nc(-c3cccc(N4CCOCC4)c3)c(C(=O)c3ccccc3)s2)cc1. The lowest BCUT2D eigenvalue weighted by Gasteiger charge is -2.29. The highest BCUT2D eigenvalue weighted by Gasteiger charge is 2.23. The van der Waals surface area contributed by atoms with Crippen LogP contribution in [0.5, 0.6) is 0 Å². The number of nitrogens with one attached hydrogen (secondary N) is 1. The number of thiazole rings is 1. The van der Waals surface area contributed by atoms with Crippen molar-refractivity contribution < 1.29 is 22.7 Å². The van der Waals surface area contributed by atoms with Gasteiger partial charge in [0.05, 0.1) is 36.0 Å². The van der Waals surface area contributed by atoms with Crippen LogP contribution in [0.3, 0.4) is 0 Å². The van der Waals surface area contributed by atoms with Crippen LogP contribution < -0.4 is 10.2 Å². The van der Waals surface area contributed by atoms with E-state index in [0.29, 0.717) is 40.0 Å². The highest BCUT2D eigenvalue weighted by Crippen LogP contribution is 2.35. The Bertz CT molecular complexity index is 1610. The highest BCUT2D eigenvalue weighted by atomic mass is 32.2. The van der Waals surface area contributed by atoms with Crippen molar-refractivity contribution in [1.82, 2.24) is 4.98 Å². The molecule has 206 valence electrons. The molecule has 10 heteroatoms. The Labute approximate surface area is 237 Å². The van der Waals surface area contributed by atoms with Gasteiger partial charge < -0.3 is 15.0 Å². The summed E-state index contributed by atoms with van der Waals surface area (Å²) in [5, 5.41) is 3.15. The fraction of sp³-hybridized carbons (Fsp3) is 0.233. The fourth-order valence-electron chi connectivity index (χ4n) is 4.45. The van der Waals surface area contributed by atoms with Gasteiger partial charge in [0.2, 0.25) is 11.7 Å². The van der Waals surface area contributed by atoms with E-state index in [1.807, 2.05) is 42.5 Å². The van der Waals surface area contributed by atoms with E-state index in [2.05, 4.69) is 10.2 Å². The third-order valence-electron chi connectivity index (χ3n) is 6.64. The van der Waals surface area contributed by atoms with Gasteiger partial charge in [0.25, 0.3) is 0 Å². The molecule has 5 rings (SSSR count). The van der Waals surface area contributed by atoms with Gasteiger partial charge in [-0.25, -0.2) is 13.4 Å². The summed E-state index contributed by atoms with van der Waals surface area (Å²) in [5.74, 6) is -0.469. The van der Waals surface area contributed by atoms with Crippen molar-refractivity contribution in [2.75, 3.05) is 42.3 Å². The smallest absolute Gasteiger partial charge is 0.230 e. The molecule has 1 aliphatic rings. The maximum atomic E-state index is 13.5. The molecule has 0 radical (unpaired) electrons. The normalized spacial score (nSPS) is 13.7. The molecule has 2 heterocycles. The first-order chi connectivity index (χ1) is 19.3. The number of hydrogen-bond donors (Lipinski definition) is 1. The molecular weight excluding hydrogens is 546 g/mol. The molecule has 0 atom stereocenters. The average molecular weight is 576 g/mol. The lowest BCUT2D eigenvalue weighted by molar-refractivity contribution is -0.115. The fourth-order valence-corrected chi connectivity index (χ4v) is 6.30. The Hall–Kier alpha value is -3.86.